The third kappa shape index (κ3) is 2.01. The van der Waals surface area contributed by atoms with E-state index in [9.17, 15) is 24.6 Å². The van der Waals surface area contributed by atoms with E-state index in [4.69, 9.17) is 0 Å². The molecule has 4 aliphatic rings. The predicted octanol–water partition coefficient (Wildman–Crippen LogP) is 1.77. The van der Waals surface area contributed by atoms with Crippen molar-refractivity contribution >= 4 is 17.3 Å². The minimum Gasteiger partial charge on any atom is -0.388 e. The van der Waals surface area contributed by atoms with Gasteiger partial charge in [-0.05, 0) is 37.2 Å². The maximum atomic E-state index is 13.3. The maximum Gasteiger partial charge on any atom is 0.190 e. The second-order valence-electron chi connectivity index (χ2n) is 9.01. The monoisotopic (exact) mass is 358 g/mol. The van der Waals surface area contributed by atoms with E-state index in [1.54, 1.807) is 6.08 Å². The minimum absolute atomic E-state index is 0.0475. The van der Waals surface area contributed by atoms with Crippen molar-refractivity contribution in [1.29, 1.82) is 0 Å². The topological polar surface area (TPSA) is 91.7 Å². The van der Waals surface area contributed by atoms with Crippen molar-refractivity contribution in [2.24, 2.45) is 28.6 Å². The number of fused-ring (bicyclic) bond motifs is 5. The van der Waals surface area contributed by atoms with Gasteiger partial charge in [-0.1, -0.05) is 31.6 Å². The number of aliphatic hydroxyl groups is 2. The second kappa shape index (κ2) is 5.46. The van der Waals surface area contributed by atoms with E-state index in [1.807, 2.05) is 19.9 Å². The third-order valence-corrected chi connectivity index (χ3v) is 7.97. The fourth-order valence-corrected chi connectivity index (χ4v) is 6.53. The highest BCUT2D eigenvalue weighted by atomic mass is 16.3. The van der Waals surface area contributed by atoms with Crippen LogP contribution < -0.4 is 0 Å². The normalized spacial score (nSPS) is 47.1. The summed E-state index contributed by atoms with van der Waals surface area (Å²) in [6, 6.07) is 0. The van der Waals surface area contributed by atoms with Gasteiger partial charge in [0.05, 0.1) is 0 Å². The van der Waals surface area contributed by atoms with Crippen LogP contribution in [0.1, 0.15) is 46.0 Å². The average Bonchev–Trinajstić information content (AvgIpc) is 2.86. The summed E-state index contributed by atoms with van der Waals surface area (Å²) >= 11 is 0. The van der Waals surface area contributed by atoms with Crippen molar-refractivity contribution in [3.63, 3.8) is 0 Å². The number of aliphatic hydroxyl groups excluding tert-OH is 1. The fraction of sp³-hybridized carbons (Fsp3) is 0.667. The fourth-order valence-electron chi connectivity index (χ4n) is 6.53. The molecule has 2 fully saturated rings. The van der Waals surface area contributed by atoms with E-state index >= 15 is 0 Å². The molecule has 5 heteroatoms. The SMILES string of the molecule is C[C@]12C=CC(=O)CC1=CCC1C2C(=O)C[C@@]2(C)C1CC[C@]2(O)C(=O)CO. The summed E-state index contributed by atoms with van der Waals surface area (Å²) in [5, 5.41) is 20.5. The lowest BCUT2D eigenvalue weighted by Crippen LogP contribution is -2.60. The van der Waals surface area contributed by atoms with E-state index < -0.39 is 28.8 Å². The third-order valence-electron chi connectivity index (χ3n) is 7.97. The number of allylic oxidation sites excluding steroid dienone is 4. The zero-order valence-corrected chi connectivity index (χ0v) is 15.3. The van der Waals surface area contributed by atoms with Crippen LogP contribution in [-0.2, 0) is 14.4 Å². The molecule has 4 aliphatic carbocycles. The molecule has 0 saturated heterocycles. The summed E-state index contributed by atoms with van der Waals surface area (Å²) in [5.74, 6) is -0.553. The Labute approximate surface area is 153 Å². The van der Waals surface area contributed by atoms with Gasteiger partial charge in [0, 0.05) is 29.6 Å². The van der Waals surface area contributed by atoms with Crippen LogP contribution in [0.3, 0.4) is 0 Å². The molecule has 0 aromatic heterocycles. The molecule has 0 radical (unpaired) electrons. The lowest BCUT2D eigenvalue weighted by molar-refractivity contribution is -0.167. The van der Waals surface area contributed by atoms with E-state index in [0.717, 1.165) is 5.57 Å². The first-order chi connectivity index (χ1) is 12.2. The average molecular weight is 358 g/mol. The van der Waals surface area contributed by atoms with Gasteiger partial charge in [0.2, 0.25) is 0 Å². The Bertz CT molecular complexity index is 764. The van der Waals surface area contributed by atoms with Crippen LogP contribution in [0.5, 0.6) is 0 Å². The zero-order chi connectivity index (χ0) is 18.9. The highest BCUT2D eigenvalue weighted by Crippen LogP contribution is 2.65. The van der Waals surface area contributed by atoms with E-state index in [-0.39, 0.29) is 35.7 Å². The summed E-state index contributed by atoms with van der Waals surface area (Å²) in [6.45, 7) is 3.18. The molecule has 0 aliphatic heterocycles. The summed E-state index contributed by atoms with van der Waals surface area (Å²) in [7, 11) is 0. The molecule has 0 amide bonds. The molecular weight excluding hydrogens is 332 g/mol. The van der Waals surface area contributed by atoms with Crippen molar-refractivity contribution < 1.29 is 24.6 Å². The van der Waals surface area contributed by atoms with Crippen LogP contribution in [0.2, 0.25) is 0 Å². The molecule has 0 bridgehead atoms. The number of Topliss-reactive ketones (excluding diaryl/α,β-unsaturated/α-hetero) is 2. The highest BCUT2D eigenvalue weighted by molar-refractivity contribution is 5.96. The number of ketones is 3. The van der Waals surface area contributed by atoms with Crippen LogP contribution in [0.25, 0.3) is 0 Å². The van der Waals surface area contributed by atoms with Gasteiger partial charge in [0.25, 0.3) is 0 Å². The summed E-state index contributed by atoms with van der Waals surface area (Å²) in [5.41, 5.74) is -1.88. The molecule has 2 saturated carbocycles. The predicted molar refractivity (Wildman–Crippen MR) is 94.0 cm³/mol. The van der Waals surface area contributed by atoms with Gasteiger partial charge in [0.1, 0.15) is 18.0 Å². The number of hydrogen-bond acceptors (Lipinski definition) is 5. The largest absolute Gasteiger partial charge is 0.388 e. The van der Waals surface area contributed by atoms with Gasteiger partial charge in [-0.15, -0.1) is 0 Å². The Morgan fingerprint density at radius 3 is 2.73 bits per heavy atom. The molecule has 0 heterocycles. The summed E-state index contributed by atoms with van der Waals surface area (Å²) in [4.78, 5) is 37.4. The Morgan fingerprint density at radius 2 is 2.04 bits per heavy atom. The van der Waals surface area contributed by atoms with E-state index in [0.29, 0.717) is 25.7 Å². The molecule has 2 N–H and O–H groups in total. The van der Waals surface area contributed by atoms with Crippen LogP contribution in [-0.4, -0.2) is 39.8 Å². The van der Waals surface area contributed by atoms with Gasteiger partial charge in [-0.25, -0.2) is 0 Å². The Hall–Kier alpha value is -1.59. The van der Waals surface area contributed by atoms with Gasteiger partial charge < -0.3 is 10.2 Å². The Kier molecular flexibility index (Phi) is 3.74. The molecule has 5 nitrogen and oxygen atoms in total. The number of carbonyl (C=O) groups is 3. The number of rotatable bonds is 2. The van der Waals surface area contributed by atoms with Crippen molar-refractivity contribution in [3.05, 3.63) is 23.8 Å². The number of hydrogen-bond donors (Lipinski definition) is 2. The standard InChI is InChI=1S/C21H26O5/c1-19-7-5-13(23)9-12(19)3-4-14-15-6-8-21(26,17(25)11-22)20(15,2)10-16(24)18(14)19/h3,5,7,14-15,18,22,26H,4,6,8-11H2,1-2H3/t14?,15?,18?,19-,20-,21-/m0/s1. The van der Waals surface area contributed by atoms with Gasteiger partial charge in [0.15, 0.2) is 11.6 Å². The highest BCUT2D eigenvalue weighted by Gasteiger charge is 2.67. The van der Waals surface area contributed by atoms with E-state index in [2.05, 4.69) is 6.08 Å². The molecule has 3 unspecified atom stereocenters. The quantitative estimate of drug-likeness (QED) is 0.734. The van der Waals surface area contributed by atoms with E-state index in [1.165, 1.54) is 0 Å². The first-order valence-electron chi connectivity index (χ1n) is 9.48. The molecule has 26 heavy (non-hydrogen) atoms. The Balaban J connectivity index is 1.77. The lowest BCUT2D eigenvalue weighted by Gasteiger charge is -2.56. The smallest absolute Gasteiger partial charge is 0.190 e. The molecule has 140 valence electrons. The van der Waals surface area contributed by atoms with Crippen LogP contribution in [0, 0.1) is 28.6 Å². The van der Waals surface area contributed by atoms with Crippen LogP contribution in [0.15, 0.2) is 23.8 Å². The molecule has 0 aromatic rings. The van der Waals surface area contributed by atoms with Crippen molar-refractivity contribution in [3.8, 4) is 0 Å². The summed E-state index contributed by atoms with van der Waals surface area (Å²) in [6.07, 6.45) is 7.78. The number of carbonyl (C=O) groups excluding carboxylic acids is 3. The molecular formula is C21H26O5. The first kappa shape index (κ1) is 17.8. The maximum absolute atomic E-state index is 13.3. The van der Waals surface area contributed by atoms with Crippen molar-refractivity contribution in [2.45, 2.75) is 51.6 Å². The van der Waals surface area contributed by atoms with Gasteiger partial charge >= 0.3 is 0 Å². The lowest BCUT2D eigenvalue weighted by atomic mass is 9.47. The first-order valence-corrected chi connectivity index (χ1v) is 9.48. The second-order valence-corrected chi connectivity index (χ2v) is 9.01. The van der Waals surface area contributed by atoms with Crippen LogP contribution in [0.4, 0.5) is 0 Å². The minimum atomic E-state index is -1.63. The van der Waals surface area contributed by atoms with Gasteiger partial charge in [-0.3, -0.25) is 14.4 Å². The van der Waals surface area contributed by atoms with Gasteiger partial charge in [-0.2, -0.15) is 0 Å². The Morgan fingerprint density at radius 1 is 1.31 bits per heavy atom. The molecule has 6 atom stereocenters. The van der Waals surface area contributed by atoms with Crippen molar-refractivity contribution in [2.75, 3.05) is 6.61 Å². The molecule has 0 aromatic carbocycles. The zero-order valence-electron chi connectivity index (χ0n) is 15.3. The van der Waals surface area contributed by atoms with Crippen LogP contribution >= 0.6 is 0 Å². The van der Waals surface area contributed by atoms with Crippen molar-refractivity contribution in [1.82, 2.24) is 0 Å². The molecule has 0 spiro atoms. The molecule has 4 rings (SSSR count). The summed E-state index contributed by atoms with van der Waals surface area (Å²) < 4.78 is 0.